The Hall–Kier alpha value is -7.02. The molecule has 0 fully saturated rings. The first kappa shape index (κ1) is 51.6. The molecule has 83 heavy (non-hydrogen) atoms. The van der Waals surface area contributed by atoms with E-state index in [1.165, 1.54) is 102 Å². The number of furan rings is 1. The number of hydrogen-bond acceptors (Lipinski definition) is 5. The zero-order valence-corrected chi connectivity index (χ0v) is 51.9. The van der Waals surface area contributed by atoms with E-state index in [-0.39, 0.29) is 44.6 Å². The van der Waals surface area contributed by atoms with Gasteiger partial charge >= 0.3 is 0 Å². The molecule has 0 saturated heterocycles. The number of para-hydroxylation sites is 2. The number of fused-ring (bicyclic) bond motifs is 10. The Morgan fingerprint density at radius 3 is 1.71 bits per heavy atom. The van der Waals surface area contributed by atoms with E-state index in [1.54, 1.807) is 16.7 Å². The quantitative estimate of drug-likeness (QED) is 0.164. The fourth-order valence-corrected chi connectivity index (χ4v) is 18.4. The van der Waals surface area contributed by atoms with Gasteiger partial charge in [0.1, 0.15) is 11.2 Å². The average molecular weight is 1100 g/mol. The second kappa shape index (κ2) is 16.9. The second-order valence-corrected chi connectivity index (χ2v) is 31.5. The highest BCUT2D eigenvalue weighted by molar-refractivity contribution is 7.33. The van der Waals surface area contributed by atoms with Crippen LogP contribution >= 0.6 is 11.3 Å². The van der Waals surface area contributed by atoms with Gasteiger partial charge in [0.2, 0.25) is 0 Å². The molecule has 16 rings (SSSR count). The SMILES string of the molecule is CC(C)(C)c1ccc2c(c1)oc1cccc(N3c4cc5c(cc4B4c6sc7cc8c9cc7c6N(c6ccc7c(c6)C(C)(CCC7(C)C)C[C@@]9(C)CCC8(C)C)c6cc(N(c7ccccc7)c7ccccc7)cc3c64)C(C)(C)CCC5(C)C)c12. The molecule has 1 unspecified atom stereocenters. The summed E-state index contributed by atoms with van der Waals surface area (Å²) in [7, 11) is 0. The summed E-state index contributed by atoms with van der Waals surface area (Å²) in [6.45, 7) is 32.2. The smallest absolute Gasteiger partial charge is 0.264 e. The maximum Gasteiger partial charge on any atom is 0.264 e. The largest absolute Gasteiger partial charge is 0.456 e. The lowest BCUT2D eigenvalue weighted by atomic mass is 9.35. The molecule has 4 bridgehead atoms. The molecular weight excluding hydrogens is 1030 g/mol. The zero-order valence-electron chi connectivity index (χ0n) is 51.1. The van der Waals surface area contributed by atoms with Gasteiger partial charge in [-0.3, -0.25) is 0 Å². The molecule has 0 N–H and O–H groups in total. The van der Waals surface area contributed by atoms with Crippen LogP contribution in [0.5, 0.6) is 0 Å². The van der Waals surface area contributed by atoms with E-state index >= 15 is 0 Å². The summed E-state index contributed by atoms with van der Waals surface area (Å²) in [5, 5.41) is 3.68. The standard InChI is InChI=1S/C77H78BN3OS/c1-71(2,3)46-27-29-51-65(37-46)82-64-26-20-25-60(67(51)64)81-61-43-55-54(73(6,7)31-32-74(55,8)9)42-59(61)78-68-62(39-50(40-63(68)81)79(47-21-16-14-17-22-47)48-23-18-15-19-24-48)80-49-28-30-53-57(38-49)76(12,35-33-72(53,4)5)45-77(13)36-34-75(10,11)56-44-66-52(41-58(56)77)69(80)70(78)83-66/h14-30,37-44H,31-36,45H2,1-13H3/t76?,77-/m1/s1. The molecule has 0 saturated carbocycles. The van der Waals surface area contributed by atoms with Gasteiger partial charge in [-0.1, -0.05) is 157 Å². The summed E-state index contributed by atoms with van der Waals surface area (Å²) >= 11 is 2.08. The van der Waals surface area contributed by atoms with Gasteiger partial charge < -0.3 is 19.1 Å². The fraction of sp³-hybridized carbons (Fsp3) is 0.351. The molecule has 6 aliphatic rings. The van der Waals surface area contributed by atoms with Crippen LogP contribution in [0.15, 0.2) is 156 Å². The van der Waals surface area contributed by atoms with Crippen molar-refractivity contribution in [3.63, 3.8) is 0 Å². The maximum absolute atomic E-state index is 7.06. The van der Waals surface area contributed by atoms with Crippen molar-refractivity contribution in [2.45, 2.75) is 173 Å². The predicted molar refractivity (Wildman–Crippen MR) is 356 cm³/mol. The van der Waals surface area contributed by atoms with Gasteiger partial charge in [0.15, 0.2) is 0 Å². The van der Waals surface area contributed by atoms with Gasteiger partial charge in [-0.15, -0.1) is 11.3 Å². The van der Waals surface area contributed by atoms with E-state index in [0.29, 0.717) is 0 Å². The average Bonchev–Trinajstić information content (AvgIpc) is 1.88. The van der Waals surface area contributed by atoms with E-state index in [9.17, 15) is 0 Å². The summed E-state index contributed by atoms with van der Waals surface area (Å²) in [4.78, 5) is 7.99. The Morgan fingerprint density at radius 2 is 1.06 bits per heavy atom. The lowest BCUT2D eigenvalue weighted by molar-refractivity contribution is 0.208. The Bertz CT molecular complexity index is 4380. The van der Waals surface area contributed by atoms with Crippen LogP contribution in [0.1, 0.15) is 174 Å². The minimum Gasteiger partial charge on any atom is -0.456 e. The van der Waals surface area contributed by atoms with E-state index in [4.69, 9.17) is 4.42 Å². The molecule has 0 amide bonds. The Kier molecular flexibility index (Phi) is 10.5. The number of thiophene rings is 1. The van der Waals surface area contributed by atoms with Crippen molar-refractivity contribution in [3.8, 4) is 0 Å². The first-order valence-corrected chi connectivity index (χ1v) is 31.8. The lowest BCUT2D eigenvalue weighted by Gasteiger charge is -2.51. The van der Waals surface area contributed by atoms with Gasteiger partial charge in [-0.2, -0.15) is 0 Å². The van der Waals surface area contributed by atoms with Crippen molar-refractivity contribution in [3.05, 3.63) is 191 Å². The monoisotopic (exact) mass is 1100 g/mol. The Morgan fingerprint density at radius 1 is 0.470 bits per heavy atom. The third-order valence-electron chi connectivity index (χ3n) is 22.0. The first-order chi connectivity index (χ1) is 39.4. The number of hydrogen-bond donors (Lipinski definition) is 0. The van der Waals surface area contributed by atoms with E-state index < -0.39 is 0 Å². The third-order valence-corrected chi connectivity index (χ3v) is 23.2. The van der Waals surface area contributed by atoms with Crippen LogP contribution in [-0.4, -0.2) is 6.71 Å². The molecule has 8 aromatic carbocycles. The molecule has 2 atom stereocenters. The van der Waals surface area contributed by atoms with Crippen LogP contribution in [0.2, 0.25) is 0 Å². The van der Waals surface area contributed by atoms with Crippen molar-refractivity contribution < 1.29 is 4.42 Å². The third kappa shape index (κ3) is 7.30. The summed E-state index contributed by atoms with van der Waals surface area (Å²) in [5.74, 6) is 0. The van der Waals surface area contributed by atoms with Crippen LogP contribution in [0.25, 0.3) is 32.0 Å². The van der Waals surface area contributed by atoms with Gasteiger partial charge in [0.25, 0.3) is 6.71 Å². The van der Waals surface area contributed by atoms with E-state index in [1.807, 2.05) is 0 Å². The molecule has 0 spiro atoms. The minimum absolute atomic E-state index is 0.00724. The molecule has 4 nitrogen and oxygen atoms in total. The number of nitrogens with zero attached hydrogens (tertiary/aromatic N) is 3. The van der Waals surface area contributed by atoms with Gasteiger partial charge in [-0.25, -0.2) is 0 Å². The lowest BCUT2D eigenvalue weighted by Crippen LogP contribution is -2.61. The number of benzene rings is 8. The summed E-state index contributed by atoms with van der Waals surface area (Å²) in [6, 6.07) is 59.7. The highest BCUT2D eigenvalue weighted by atomic mass is 32.1. The van der Waals surface area contributed by atoms with Crippen molar-refractivity contribution >= 4 is 117 Å². The summed E-state index contributed by atoms with van der Waals surface area (Å²) in [5.41, 5.74) is 25.9. The molecular formula is C77H78BN3OS. The van der Waals surface area contributed by atoms with Crippen molar-refractivity contribution in [2.75, 3.05) is 14.7 Å². The van der Waals surface area contributed by atoms with E-state index in [2.05, 4.69) is 268 Å². The zero-order chi connectivity index (χ0) is 57.3. The molecule has 10 aromatic rings. The second-order valence-electron chi connectivity index (χ2n) is 30.5. The van der Waals surface area contributed by atoms with E-state index in [0.717, 1.165) is 64.0 Å². The van der Waals surface area contributed by atoms with Crippen molar-refractivity contribution in [2.24, 2.45) is 0 Å². The molecule has 5 heterocycles. The maximum atomic E-state index is 7.06. The molecule has 2 aromatic heterocycles. The highest BCUT2D eigenvalue weighted by Gasteiger charge is 2.52. The number of rotatable bonds is 4. The van der Waals surface area contributed by atoms with Gasteiger partial charge in [0, 0.05) is 54.4 Å². The van der Waals surface area contributed by atoms with Gasteiger partial charge in [-0.05, 0) is 218 Å². The first-order valence-electron chi connectivity index (χ1n) is 31.0. The van der Waals surface area contributed by atoms with Crippen LogP contribution in [0, 0.1) is 0 Å². The van der Waals surface area contributed by atoms with Gasteiger partial charge in [0.05, 0.1) is 22.4 Å². The Labute approximate surface area is 496 Å². The topological polar surface area (TPSA) is 22.9 Å². The Balaban J connectivity index is 1.10. The normalized spacial score (nSPS) is 21.9. The summed E-state index contributed by atoms with van der Waals surface area (Å²) in [6.07, 6.45) is 8.14. The molecule has 3 aliphatic carbocycles. The predicted octanol–water partition coefficient (Wildman–Crippen LogP) is 20.1. The van der Waals surface area contributed by atoms with Crippen LogP contribution < -0.4 is 30.4 Å². The molecule has 416 valence electrons. The van der Waals surface area contributed by atoms with Crippen molar-refractivity contribution in [1.82, 2.24) is 0 Å². The van der Waals surface area contributed by atoms with Crippen molar-refractivity contribution in [1.29, 1.82) is 0 Å². The van der Waals surface area contributed by atoms with Crippen LogP contribution in [0.4, 0.5) is 51.2 Å². The number of anilines is 9. The van der Waals surface area contributed by atoms with Crippen LogP contribution in [0.3, 0.4) is 0 Å². The molecule has 3 aliphatic heterocycles. The van der Waals surface area contributed by atoms with Crippen LogP contribution in [-0.2, 0) is 37.9 Å². The minimum atomic E-state index is -0.0463. The summed E-state index contributed by atoms with van der Waals surface area (Å²) < 4.78 is 9.91. The fourth-order valence-electron chi connectivity index (χ4n) is 17.1. The highest BCUT2D eigenvalue weighted by Crippen LogP contribution is 2.61. The molecule has 6 heteroatoms. The molecule has 0 radical (unpaired) electrons.